The second kappa shape index (κ2) is 7.94. The highest BCUT2D eigenvalue weighted by molar-refractivity contribution is 7.80. The van der Waals surface area contributed by atoms with Crippen molar-refractivity contribution in [2.24, 2.45) is 10.8 Å². The number of amidine groups is 1. The quantitative estimate of drug-likeness (QED) is 0.378. The van der Waals surface area contributed by atoms with Gasteiger partial charge >= 0.3 is 0 Å². The minimum absolute atomic E-state index is 0.328. The Hall–Kier alpha value is -2.67. The maximum Gasteiger partial charge on any atom is 0.189 e. The van der Waals surface area contributed by atoms with E-state index in [0.717, 1.165) is 31.9 Å². The molecule has 1 saturated heterocycles. The molecule has 0 atom stereocenters. The van der Waals surface area contributed by atoms with Crippen LogP contribution in [0, 0.1) is 6.92 Å². The van der Waals surface area contributed by atoms with E-state index in [1.54, 1.807) is 0 Å². The third-order valence-electron chi connectivity index (χ3n) is 4.11. The normalized spacial score (nSPS) is 15.2. The van der Waals surface area contributed by atoms with E-state index < -0.39 is 0 Å². The van der Waals surface area contributed by atoms with Gasteiger partial charge in [-0.25, -0.2) is 4.98 Å². The number of nitrogens with one attached hydrogen (secondary N) is 1. The Morgan fingerprint density at radius 3 is 2.48 bits per heavy atom. The largest absolute Gasteiger partial charge is 0.380 e. The maximum atomic E-state index is 5.98. The lowest BCUT2D eigenvalue weighted by molar-refractivity contribution is 0.381. The number of para-hydroxylation sites is 1. The fourth-order valence-corrected chi connectivity index (χ4v) is 2.96. The van der Waals surface area contributed by atoms with Crippen molar-refractivity contribution in [3.8, 4) is 0 Å². The number of piperazine rings is 1. The molecule has 3 N–H and O–H groups in total. The Kier molecular flexibility index (Phi) is 5.45. The molecule has 0 saturated carbocycles. The topological polar surface area (TPSA) is 69.8 Å². The molecule has 0 radical (unpaired) electrons. The Morgan fingerprint density at radius 1 is 1.08 bits per heavy atom. The number of pyridine rings is 1. The molecular formula is C18H22N6S. The number of hydrogen-bond acceptors (Lipinski definition) is 4. The first-order valence-corrected chi connectivity index (χ1v) is 8.66. The van der Waals surface area contributed by atoms with Crippen molar-refractivity contribution in [1.82, 2.24) is 15.3 Å². The summed E-state index contributed by atoms with van der Waals surface area (Å²) in [6.45, 7) is 5.45. The number of anilines is 1. The van der Waals surface area contributed by atoms with E-state index >= 15 is 0 Å². The van der Waals surface area contributed by atoms with Gasteiger partial charge in [0.05, 0.1) is 0 Å². The van der Waals surface area contributed by atoms with Gasteiger partial charge in [-0.2, -0.15) is 5.10 Å². The van der Waals surface area contributed by atoms with Gasteiger partial charge in [0.2, 0.25) is 0 Å². The van der Waals surface area contributed by atoms with E-state index in [1.165, 1.54) is 5.69 Å². The molecule has 1 fully saturated rings. The van der Waals surface area contributed by atoms with Crippen molar-refractivity contribution in [3.05, 3.63) is 59.9 Å². The van der Waals surface area contributed by atoms with E-state index in [-0.39, 0.29) is 0 Å². The van der Waals surface area contributed by atoms with Crippen molar-refractivity contribution < 1.29 is 0 Å². The van der Waals surface area contributed by atoms with Crippen LogP contribution >= 0.6 is 12.2 Å². The molecular weight excluding hydrogens is 332 g/mol. The lowest BCUT2D eigenvalue weighted by Crippen LogP contribution is -2.51. The van der Waals surface area contributed by atoms with Crippen molar-refractivity contribution in [2.45, 2.75) is 6.92 Å². The fourth-order valence-electron chi connectivity index (χ4n) is 2.73. The number of nitrogens with zero attached hydrogens (tertiary/aromatic N) is 4. The number of hydrazone groups is 1. The average Bonchev–Trinajstić information content (AvgIpc) is 2.66. The van der Waals surface area contributed by atoms with Gasteiger partial charge in [0.25, 0.3) is 0 Å². The smallest absolute Gasteiger partial charge is 0.189 e. The lowest BCUT2D eigenvalue weighted by Gasteiger charge is -2.36. The number of thiocarbonyl (C=S) groups is 1. The molecule has 1 aliphatic rings. The number of aryl methyl sites for hydroxylation is 1. The highest BCUT2D eigenvalue weighted by Gasteiger charge is 2.18. The molecule has 0 spiro atoms. The molecule has 130 valence electrons. The number of aromatic nitrogens is 1. The summed E-state index contributed by atoms with van der Waals surface area (Å²) in [6.07, 6.45) is 0. The van der Waals surface area contributed by atoms with Gasteiger partial charge in [0.15, 0.2) is 10.9 Å². The molecule has 25 heavy (non-hydrogen) atoms. The third kappa shape index (κ3) is 4.45. The zero-order chi connectivity index (χ0) is 17.6. The maximum absolute atomic E-state index is 5.98. The van der Waals surface area contributed by atoms with E-state index in [0.29, 0.717) is 16.6 Å². The second-order valence-electron chi connectivity index (χ2n) is 5.89. The van der Waals surface area contributed by atoms with Gasteiger partial charge in [-0.05, 0) is 43.4 Å². The van der Waals surface area contributed by atoms with Gasteiger partial charge in [0.1, 0.15) is 5.69 Å². The summed E-state index contributed by atoms with van der Waals surface area (Å²) in [7, 11) is 0. The standard InChI is InChI=1S/C18H22N6S/c1-14-6-5-9-16(20-14)17(19)21-22-18(25)24-12-10-23(11-13-24)15-7-3-2-4-8-15/h2-9H,10-13H2,1H3,(H2,19,21)(H,22,25). The van der Waals surface area contributed by atoms with Crippen LogP contribution in [0.3, 0.4) is 0 Å². The Bertz CT molecular complexity index is 753. The van der Waals surface area contributed by atoms with Crippen LogP contribution in [0.2, 0.25) is 0 Å². The molecule has 2 aromatic rings. The molecule has 1 aromatic heterocycles. The summed E-state index contributed by atoms with van der Waals surface area (Å²) in [5.74, 6) is 0.328. The van der Waals surface area contributed by atoms with Crippen LogP contribution in [0.25, 0.3) is 0 Å². The first-order valence-electron chi connectivity index (χ1n) is 8.25. The molecule has 2 heterocycles. The van der Waals surface area contributed by atoms with Crippen molar-refractivity contribution in [1.29, 1.82) is 0 Å². The van der Waals surface area contributed by atoms with Crippen molar-refractivity contribution >= 4 is 28.9 Å². The van der Waals surface area contributed by atoms with Gasteiger partial charge in [-0.3, -0.25) is 5.43 Å². The molecule has 0 bridgehead atoms. The SMILES string of the molecule is Cc1cccc(/C(N)=N/NC(=S)N2CCN(c3ccccc3)CC2)n1. The number of rotatable bonds is 3. The second-order valence-corrected chi connectivity index (χ2v) is 6.27. The average molecular weight is 354 g/mol. The number of nitrogens with two attached hydrogens (primary N) is 1. The van der Waals surface area contributed by atoms with Gasteiger partial charge in [-0.15, -0.1) is 0 Å². The Labute approximate surface area is 153 Å². The Morgan fingerprint density at radius 2 is 1.80 bits per heavy atom. The van der Waals surface area contributed by atoms with E-state index in [4.69, 9.17) is 18.0 Å². The number of benzene rings is 1. The van der Waals surface area contributed by atoms with Crippen LogP contribution in [-0.4, -0.2) is 47.0 Å². The first-order chi connectivity index (χ1) is 12.1. The highest BCUT2D eigenvalue weighted by Crippen LogP contribution is 2.15. The van der Waals surface area contributed by atoms with Gasteiger partial charge < -0.3 is 15.5 Å². The molecule has 0 unspecified atom stereocenters. The number of hydrogen-bond donors (Lipinski definition) is 2. The van der Waals surface area contributed by atoms with E-state index in [9.17, 15) is 0 Å². The molecule has 1 aliphatic heterocycles. The van der Waals surface area contributed by atoms with Crippen LogP contribution in [0.5, 0.6) is 0 Å². The highest BCUT2D eigenvalue weighted by atomic mass is 32.1. The minimum Gasteiger partial charge on any atom is -0.380 e. The summed E-state index contributed by atoms with van der Waals surface area (Å²) in [5.41, 5.74) is 11.7. The fraction of sp³-hybridized carbons (Fsp3) is 0.278. The van der Waals surface area contributed by atoms with E-state index in [1.807, 2.05) is 31.2 Å². The summed E-state index contributed by atoms with van der Waals surface area (Å²) < 4.78 is 0. The third-order valence-corrected chi connectivity index (χ3v) is 4.46. The molecule has 0 aliphatic carbocycles. The molecule has 1 aromatic carbocycles. The zero-order valence-electron chi connectivity index (χ0n) is 14.2. The monoisotopic (exact) mass is 354 g/mol. The van der Waals surface area contributed by atoms with Crippen LogP contribution < -0.4 is 16.1 Å². The predicted octanol–water partition coefficient (Wildman–Crippen LogP) is 1.71. The lowest BCUT2D eigenvalue weighted by atomic mass is 10.2. The summed E-state index contributed by atoms with van der Waals surface area (Å²) in [5, 5.41) is 4.76. The summed E-state index contributed by atoms with van der Waals surface area (Å²) >= 11 is 5.44. The first kappa shape index (κ1) is 17.2. The minimum atomic E-state index is 0.328. The molecule has 7 heteroatoms. The molecule has 0 amide bonds. The summed E-state index contributed by atoms with van der Waals surface area (Å²) in [6, 6.07) is 16.1. The Balaban J connectivity index is 1.53. The molecule has 6 nitrogen and oxygen atoms in total. The van der Waals surface area contributed by atoms with Gasteiger partial charge in [0, 0.05) is 37.6 Å². The predicted molar refractivity (Wildman–Crippen MR) is 106 cm³/mol. The van der Waals surface area contributed by atoms with Crippen molar-refractivity contribution in [3.63, 3.8) is 0 Å². The van der Waals surface area contributed by atoms with Crippen molar-refractivity contribution in [2.75, 3.05) is 31.1 Å². The van der Waals surface area contributed by atoms with Crippen LogP contribution in [0.1, 0.15) is 11.4 Å². The van der Waals surface area contributed by atoms with E-state index in [2.05, 4.69) is 49.6 Å². The van der Waals surface area contributed by atoms with Crippen LogP contribution in [0.15, 0.2) is 53.6 Å². The van der Waals surface area contributed by atoms with Crippen LogP contribution in [0.4, 0.5) is 5.69 Å². The summed E-state index contributed by atoms with van der Waals surface area (Å²) in [4.78, 5) is 8.81. The zero-order valence-corrected chi connectivity index (χ0v) is 15.0. The van der Waals surface area contributed by atoms with Crippen LogP contribution in [-0.2, 0) is 0 Å². The molecule has 3 rings (SSSR count). The van der Waals surface area contributed by atoms with Gasteiger partial charge in [-0.1, -0.05) is 24.3 Å².